The van der Waals surface area contributed by atoms with Crippen LogP contribution in [-0.2, 0) is 4.74 Å². The molecule has 2 rings (SSSR count). The summed E-state index contributed by atoms with van der Waals surface area (Å²) in [7, 11) is 1.80. The highest BCUT2D eigenvalue weighted by Gasteiger charge is 2.21. The Kier molecular flexibility index (Phi) is 5.35. The molecule has 1 N–H and O–H groups in total. The van der Waals surface area contributed by atoms with Crippen LogP contribution in [-0.4, -0.2) is 49.1 Å². The number of hydrogen-bond donors (Lipinski definition) is 1. The van der Waals surface area contributed by atoms with Gasteiger partial charge in [0, 0.05) is 39.1 Å². The molecule has 5 nitrogen and oxygen atoms in total. The van der Waals surface area contributed by atoms with Gasteiger partial charge in [0.15, 0.2) is 0 Å². The predicted molar refractivity (Wildman–Crippen MR) is 78.9 cm³/mol. The molecule has 0 atom stereocenters. The van der Waals surface area contributed by atoms with Gasteiger partial charge in [-0.15, -0.1) is 0 Å². The zero-order valence-corrected chi connectivity index (χ0v) is 12.3. The van der Waals surface area contributed by atoms with Crippen LogP contribution in [0.1, 0.15) is 30.1 Å². The molecule has 0 spiro atoms. The highest BCUT2D eigenvalue weighted by atomic mass is 16.5. The van der Waals surface area contributed by atoms with Crippen molar-refractivity contribution in [3.05, 3.63) is 24.0 Å². The molecule has 1 saturated carbocycles. The fourth-order valence-corrected chi connectivity index (χ4v) is 1.95. The summed E-state index contributed by atoms with van der Waals surface area (Å²) < 4.78 is 5.57. The fourth-order valence-electron chi connectivity index (χ4n) is 1.95. The molecule has 20 heavy (non-hydrogen) atoms. The smallest absolute Gasteiger partial charge is 0.257 e. The van der Waals surface area contributed by atoms with Gasteiger partial charge in [-0.05, 0) is 31.7 Å². The average molecular weight is 277 g/mol. The summed E-state index contributed by atoms with van der Waals surface area (Å²) in [6.07, 6.45) is 5.88. The summed E-state index contributed by atoms with van der Waals surface area (Å²) >= 11 is 0. The highest BCUT2D eigenvalue weighted by Crippen LogP contribution is 2.28. The molecule has 1 aromatic rings. The number of carbonyl (C=O) groups excluding carboxylic acids is 1. The molecule has 0 saturated heterocycles. The van der Waals surface area contributed by atoms with Gasteiger partial charge in [0.1, 0.15) is 0 Å². The van der Waals surface area contributed by atoms with Gasteiger partial charge in [-0.2, -0.15) is 0 Å². The van der Waals surface area contributed by atoms with E-state index < -0.39 is 0 Å². The van der Waals surface area contributed by atoms with E-state index in [1.54, 1.807) is 24.3 Å². The molecule has 110 valence electrons. The van der Waals surface area contributed by atoms with Crippen molar-refractivity contribution in [2.75, 3.05) is 38.7 Å². The Hall–Kier alpha value is -1.62. The molecule has 5 heteroatoms. The highest BCUT2D eigenvalue weighted by molar-refractivity contribution is 5.99. The molecule has 0 bridgehead atoms. The number of anilines is 1. The summed E-state index contributed by atoms with van der Waals surface area (Å²) in [6, 6.07) is 1.83. The van der Waals surface area contributed by atoms with E-state index >= 15 is 0 Å². The molecule has 0 unspecified atom stereocenters. The van der Waals surface area contributed by atoms with Crippen molar-refractivity contribution in [2.24, 2.45) is 5.92 Å². The number of hydrogen-bond acceptors (Lipinski definition) is 4. The molecule has 0 aromatic carbocycles. The van der Waals surface area contributed by atoms with Crippen LogP contribution in [0.2, 0.25) is 0 Å². The van der Waals surface area contributed by atoms with E-state index in [0.717, 1.165) is 24.8 Å². The summed E-state index contributed by atoms with van der Waals surface area (Å²) in [5.74, 6) is 0.735. The predicted octanol–water partition coefficient (Wildman–Crippen LogP) is 2.01. The zero-order chi connectivity index (χ0) is 14.4. The van der Waals surface area contributed by atoms with Crippen molar-refractivity contribution in [1.82, 2.24) is 9.88 Å². The second-order valence-electron chi connectivity index (χ2n) is 5.20. The SMILES string of the molecule is CCNc1ccncc1C(=O)N(C)CCOCC1CC1. The van der Waals surface area contributed by atoms with Gasteiger partial charge in [0.05, 0.1) is 17.9 Å². The van der Waals surface area contributed by atoms with Crippen molar-refractivity contribution in [1.29, 1.82) is 0 Å². The van der Waals surface area contributed by atoms with E-state index in [4.69, 9.17) is 4.74 Å². The Labute approximate surface area is 120 Å². The number of likely N-dealkylation sites (N-methyl/N-ethyl adjacent to an activating group) is 1. The second kappa shape index (κ2) is 7.24. The van der Waals surface area contributed by atoms with Crippen molar-refractivity contribution in [3.63, 3.8) is 0 Å². The third kappa shape index (κ3) is 4.20. The molecule has 1 aliphatic carbocycles. The summed E-state index contributed by atoms with van der Waals surface area (Å²) in [5, 5.41) is 3.18. The lowest BCUT2D eigenvalue weighted by Crippen LogP contribution is -2.31. The van der Waals surface area contributed by atoms with Crippen molar-refractivity contribution in [3.8, 4) is 0 Å². The Morgan fingerprint density at radius 3 is 3.05 bits per heavy atom. The number of nitrogens with one attached hydrogen (secondary N) is 1. The van der Waals surface area contributed by atoms with Crippen LogP contribution in [0.15, 0.2) is 18.5 Å². The molecule has 0 radical (unpaired) electrons. The van der Waals surface area contributed by atoms with Crippen LogP contribution in [0.5, 0.6) is 0 Å². The standard InChI is InChI=1S/C15H23N3O2/c1-3-17-14-6-7-16-10-13(14)15(19)18(2)8-9-20-11-12-4-5-12/h6-7,10,12H,3-5,8-9,11H2,1-2H3,(H,16,17). The van der Waals surface area contributed by atoms with Crippen LogP contribution in [0.25, 0.3) is 0 Å². The molecule has 1 amide bonds. The van der Waals surface area contributed by atoms with Gasteiger partial charge >= 0.3 is 0 Å². The minimum Gasteiger partial charge on any atom is -0.385 e. The normalized spacial score (nSPS) is 14.1. The lowest BCUT2D eigenvalue weighted by molar-refractivity contribution is 0.0681. The maximum Gasteiger partial charge on any atom is 0.257 e. The second-order valence-corrected chi connectivity index (χ2v) is 5.20. The van der Waals surface area contributed by atoms with E-state index in [1.165, 1.54) is 12.8 Å². The number of rotatable bonds is 8. The number of pyridine rings is 1. The molecule has 0 aliphatic heterocycles. The summed E-state index contributed by atoms with van der Waals surface area (Å²) in [5.41, 5.74) is 1.44. The number of nitrogens with zero attached hydrogens (tertiary/aromatic N) is 2. The van der Waals surface area contributed by atoms with Crippen LogP contribution in [0.4, 0.5) is 5.69 Å². The zero-order valence-electron chi connectivity index (χ0n) is 12.3. The number of aromatic nitrogens is 1. The average Bonchev–Trinajstić information content (AvgIpc) is 3.28. The van der Waals surface area contributed by atoms with E-state index in [9.17, 15) is 4.79 Å². The van der Waals surface area contributed by atoms with Crippen LogP contribution in [0, 0.1) is 5.92 Å². The first-order valence-electron chi connectivity index (χ1n) is 7.23. The van der Waals surface area contributed by atoms with Gasteiger partial charge in [0.25, 0.3) is 5.91 Å². The van der Waals surface area contributed by atoms with E-state index in [0.29, 0.717) is 18.7 Å². The minimum absolute atomic E-state index is 0.0240. The van der Waals surface area contributed by atoms with Crippen LogP contribution < -0.4 is 5.32 Å². The molecular formula is C15H23N3O2. The maximum absolute atomic E-state index is 12.4. The molecule has 1 aromatic heterocycles. The van der Waals surface area contributed by atoms with Gasteiger partial charge in [-0.1, -0.05) is 0 Å². The molecular weight excluding hydrogens is 254 g/mol. The Bertz CT molecular complexity index is 446. The summed E-state index contributed by atoms with van der Waals surface area (Å²) in [6.45, 7) is 4.81. The van der Waals surface area contributed by atoms with Gasteiger partial charge < -0.3 is 15.0 Å². The monoisotopic (exact) mass is 277 g/mol. The molecule has 1 heterocycles. The van der Waals surface area contributed by atoms with Crippen molar-refractivity contribution >= 4 is 11.6 Å². The lowest BCUT2D eigenvalue weighted by atomic mass is 10.2. The number of amides is 1. The summed E-state index contributed by atoms with van der Waals surface area (Å²) in [4.78, 5) is 18.1. The molecule has 1 aliphatic rings. The largest absolute Gasteiger partial charge is 0.385 e. The Morgan fingerprint density at radius 1 is 1.55 bits per heavy atom. The Morgan fingerprint density at radius 2 is 2.35 bits per heavy atom. The van der Waals surface area contributed by atoms with E-state index in [2.05, 4.69) is 10.3 Å². The van der Waals surface area contributed by atoms with Crippen molar-refractivity contribution in [2.45, 2.75) is 19.8 Å². The van der Waals surface area contributed by atoms with Crippen LogP contribution in [0.3, 0.4) is 0 Å². The fraction of sp³-hybridized carbons (Fsp3) is 0.600. The van der Waals surface area contributed by atoms with E-state index in [-0.39, 0.29) is 5.91 Å². The third-order valence-electron chi connectivity index (χ3n) is 3.39. The first kappa shape index (κ1) is 14.8. The molecule has 1 fully saturated rings. The first-order chi connectivity index (χ1) is 9.72. The van der Waals surface area contributed by atoms with Gasteiger partial charge in [-0.25, -0.2) is 0 Å². The van der Waals surface area contributed by atoms with Gasteiger partial charge in [0.2, 0.25) is 0 Å². The number of carbonyl (C=O) groups is 1. The van der Waals surface area contributed by atoms with Gasteiger partial charge in [-0.3, -0.25) is 9.78 Å². The van der Waals surface area contributed by atoms with Crippen LogP contribution >= 0.6 is 0 Å². The lowest BCUT2D eigenvalue weighted by Gasteiger charge is -2.19. The third-order valence-corrected chi connectivity index (χ3v) is 3.39. The topological polar surface area (TPSA) is 54.5 Å². The van der Waals surface area contributed by atoms with Crippen molar-refractivity contribution < 1.29 is 9.53 Å². The minimum atomic E-state index is -0.0240. The van der Waals surface area contributed by atoms with E-state index in [1.807, 2.05) is 13.0 Å². The maximum atomic E-state index is 12.4. The first-order valence-corrected chi connectivity index (χ1v) is 7.23. The number of ether oxygens (including phenoxy) is 1. The quantitative estimate of drug-likeness (QED) is 0.739. The Balaban J connectivity index is 1.84.